The van der Waals surface area contributed by atoms with E-state index in [-0.39, 0.29) is 71.6 Å². The van der Waals surface area contributed by atoms with Gasteiger partial charge in [-0.05, 0) is 43.4 Å². The monoisotopic (exact) mass is 652 g/mol. The second kappa shape index (κ2) is 10.5. The highest BCUT2D eigenvalue weighted by atomic mass is 35.5. The van der Waals surface area contributed by atoms with Crippen molar-refractivity contribution in [1.82, 2.24) is 14.9 Å². The number of ether oxygens (including phenoxy) is 3. The first-order chi connectivity index (χ1) is 21.7. The summed E-state index contributed by atoms with van der Waals surface area (Å²) in [5.74, 6) is -0.102. The first-order valence-corrected chi connectivity index (χ1v) is 16.4. The Morgan fingerprint density at radius 1 is 1.24 bits per heavy atom. The number of anilines is 2. The molecule has 4 aliphatic rings. The normalized spacial score (nSPS) is 26.0. The highest BCUT2D eigenvalue weighted by molar-refractivity contribution is 7.23. The molecular formula is C32H31ClF2N6O3S. The van der Waals surface area contributed by atoms with Crippen LogP contribution in [-0.4, -0.2) is 73.0 Å². The highest BCUT2D eigenvalue weighted by Gasteiger charge is 2.48. The molecule has 3 saturated heterocycles. The van der Waals surface area contributed by atoms with Gasteiger partial charge in [0.25, 0.3) is 0 Å². The number of hydrogen-bond donors (Lipinski definition) is 1. The van der Waals surface area contributed by atoms with Crippen molar-refractivity contribution >= 4 is 54.7 Å². The third-order valence-corrected chi connectivity index (χ3v) is 11.3. The number of thiophene rings is 1. The maximum atomic E-state index is 17.1. The predicted octanol–water partition coefficient (Wildman–Crippen LogP) is 5.99. The number of benzene rings is 2. The van der Waals surface area contributed by atoms with E-state index in [1.165, 1.54) is 12.1 Å². The van der Waals surface area contributed by atoms with E-state index in [0.29, 0.717) is 43.5 Å². The standard InChI is InChI=1S/C32H31ClF2N6O3S/c1-15-8-32(6-3-7-41(32)10-15)14-43-31-38-26-23-27(44-20-13-42-12-16(20)11-40(2)30(23)39-31)24(33)22(25(26)35)17-4-5-19(34)28-21(17)18(9-36)29(37)45-28/h4-5,15-16,20H,3,6-8,10-14,37H2,1-2H3/t15-,16?,20?,32+/m1/s1. The number of halogens is 3. The average Bonchev–Trinajstić information content (AvgIpc) is 3.76. The lowest BCUT2D eigenvalue weighted by Gasteiger charge is -2.33. The summed E-state index contributed by atoms with van der Waals surface area (Å²) < 4.78 is 50.9. The molecule has 0 amide bonds. The number of nitrogen functional groups attached to an aromatic ring is 1. The molecule has 4 aliphatic heterocycles. The van der Waals surface area contributed by atoms with Crippen LogP contribution < -0.4 is 20.1 Å². The van der Waals surface area contributed by atoms with Gasteiger partial charge >= 0.3 is 6.01 Å². The van der Waals surface area contributed by atoms with Gasteiger partial charge in [0, 0.05) is 37.0 Å². The lowest BCUT2D eigenvalue weighted by atomic mass is 9.92. The van der Waals surface area contributed by atoms with Crippen molar-refractivity contribution < 1.29 is 23.0 Å². The Morgan fingerprint density at radius 2 is 2.09 bits per heavy atom. The molecule has 0 aliphatic carbocycles. The molecule has 9 nitrogen and oxygen atoms in total. The van der Waals surface area contributed by atoms with Gasteiger partial charge < -0.3 is 24.8 Å². The Hall–Kier alpha value is -3.50. The van der Waals surface area contributed by atoms with Crippen LogP contribution in [0.1, 0.15) is 31.7 Å². The van der Waals surface area contributed by atoms with E-state index in [4.69, 9.17) is 36.5 Å². The van der Waals surface area contributed by atoms with E-state index in [9.17, 15) is 9.65 Å². The Kier molecular flexibility index (Phi) is 6.77. The van der Waals surface area contributed by atoms with Crippen molar-refractivity contribution in [3.63, 3.8) is 0 Å². The topological polar surface area (TPSA) is 110 Å². The van der Waals surface area contributed by atoms with E-state index in [0.717, 1.165) is 43.7 Å². The van der Waals surface area contributed by atoms with Crippen LogP contribution >= 0.6 is 22.9 Å². The van der Waals surface area contributed by atoms with Crippen LogP contribution in [0, 0.1) is 34.8 Å². The third kappa shape index (κ3) is 4.35. The van der Waals surface area contributed by atoms with Crippen LogP contribution in [0.3, 0.4) is 0 Å². The maximum Gasteiger partial charge on any atom is 0.319 e. The third-order valence-electron chi connectivity index (χ3n) is 9.89. The van der Waals surface area contributed by atoms with Crippen LogP contribution in [0.5, 0.6) is 11.8 Å². The summed E-state index contributed by atoms with van der Waals surface area (Å²) in [5, 5.41) is 10.6. The van der Waals surface area contributed by atoms with Gasteiger partial charge in [0.15, 0.2) is 11.6 Å². The Morgan fingerprint density at radius 3 is 2.91 bits per heavy atom. The second-order valence-corrected chi connectivity index (χ2v) is 14.3. The van der Waals surface area contributed by atoms with Crippen LogP contribution in [0.25, 0.3) is 32.1 Å². The molecule has 45 heavy (non-hydrogen) atoms. The Bertz CT molecular complexity index is 1930. The minimum atomic E-state index is -0.749. The molecule has 2 unspecified atom stereocenters. The number of aromatic nitrogens is 2. The zero-order valence-electron chi connectivity index (χ0n) is 24.8. The van der Waals surface area contributed by atoms with Crippen LogP contribution in [0.2, 0.25) is 5.02 Å². The van der Waals surface area contributed by atoms with Gasteiger partial charge in [0.2, 0.25) is 0 Å². The van der Waals surface area contributed by atoms with Crippen molar-refractivity contribution in [1.29, 1.82) is 5.26 Å². The van der Waals surface area contributed by atoms with Gasteiger partial charge in [-0.3, -0.25) is 4.90 Å². The summed E-state index contributed by atoms with van der Waals surface area (Å²) in [6, 6.07) is 4.76. The van der Waals surface area contributed by atoms with E-state index < -0.39 is 11.6 Å². The number of hydrogen-bond acceptors (Lipinski definition) is 10. The molecule has 0 spiro atoms. The fourth-order valence-electron chi connectivity index (χ4n) is 7.92. The maximum absolute atomic E-state index is 17.1. The molecule has 2 N–H and O–H groups in total. The van der Waals surface area contributed by atoms with Crippen molar-refractivity contribution in [2.75, 3.05) is 57.1 Å². The molecule has 2 aromatic heterocycles. The number of nitrogens with two attached hydrogens (primary N) is 1. The van der Waals surface area contributed by atoms with Crippen molar-refractivity contribution in [2.45, 2.75) is 37.8 Å². The highest BCUT2D eigenvalue weighted by Crippen LogP contribution is 2.51. The van der Waals surface area contributed by atoms with E-state index in [2.05, 4.69) is 22.9 Å². The zero-order chi connectivity index (χ0) is 31.2. The summed E-state index contributed by atoms with van der Waals surface area (Å²) in [5.41, 5.74) is 6.21. The van der Waals surface area contributed by atoms with Gasteiger partial charge in [-0.2, -0.15) is 15.2 Å². The number of fused-ring (bicyclic) bond motifs is 3. The molecule has 234 valence electrons. The fourth-order valence-corrected chi connectivity index (χ4v) is 9.19. The van der Waals surface area contributed by atoms with Crippen LogP contribution in [0.4, 0.5) is 19.6 Å². The van der Waals surface area contributed by atoms with Gasteiger partial charge in [-0.1, -0.05) is 24.6 Å². The summed E-state index contributed by atoms with van der Waals surface area (Å²) in [6.45, 7) is 6.11. The predicted molar refractivity (Wildman–Crippen MR) is 169 cm³/mol. The lowest BCUT2D eigenvalue weighted by molar-refractivity contribution is 0.107. The quantitative estimate of drug-likeness (QED) is 0.284. The zero-order valence-corrected chi connectivity index (χ0v) is 26.4. The second-order valence-electron chi connectivity index (χ2n) is 12.8. The van der Waals surface area contributed by atoms with Gasteiger partial charge in [0.05, 0.1) is 39.4 Å². The first-order valence-electron chi connectivity index (χ1n) is 15.2. The van der Waals surface area contributed by atoms with Crippen LogP contribution in [-0.2, 0) is 4.74 Å². The molecular weight excluding hydrogens is 622 g/mol. The molecule has 4 aromatic rings. The Labute approximate surface area is 267 Å². The molecule has 2 aromatic carbocycles. The first kappa shape index (κ1) is 28.9. The lowest BCUT2D eigenvalue weighted by Crippen LogP contribution is -2.43. The van der Waals surface area contributed by atoms with E-state index in [1.807, 2.05) is 11.9 Å². The van der Waals surface area contributed by atoms with Crippen LogP contribution in [0.15, 0.2) is 12.1 Å². The molecule has 6 heterocycles. The molecule has 0 bridgehead atoms. The van der Waals surface area contributed by atoms with E-state index >= 15 is 4.39 Å². The van der Waals surface area contributed by atoms with Gasteiger partial charge in [0.1, 0.15) is 40.9 Å². The summed E-state index contributed by atoms with van der Waals surface area (Å²) >= 11 is 8.02. The fraction of sp³-hybridized carbons (Fsp3) is 0.469. The molecule has 4 atom stereocenters. The minimum absolute atomic E-state index is 0.00686. The molecule has 8 rings (SSSR count). The largest absolute Gasteiger partial charge is 0.485 e. The van der Waals surface area contributed by atoms with E-state index in [1.54, 1.807) is 0 Å². The number of nitrogens with zero attached hydrogens (tertiary/aromatic N) is 5. The SMILES string of the molecule is C[C@H]1CN2CCC[C@@]2(COc2nc3c4c(c(Cl)c(-c5ccc(F)c6sc(N)c(C#N)c56)c(F)c4n2)OC2COCC2CN3C)C1. The average molecular weight is 653 g/mol. The van der Waals surface area contributed by atoms with Gasteiger partial charge in [-0.15, -0.1) is 11.3 Å². The summed E-state index contributed by atoms with van der Waals surface area (Å²) in [7, 11) is 1.89. The summed E-state index contributed by atoms with van der Waals surface area (Å²) in [6.07, 6.45) is 2.81. The van der Waals surface area contributed by atoms with Crippen molar-refractivity contribution in [3.05, 3.63) is 34.4 Å². The van der Waals surface area contributed by atoms with Gasteiger partial charge in [-0.25, -0.2) is 8.78 Å². The molecule has 0 saturated carbocycles. The Balaban J connectivity index is 1.36. The van der Waals surface area contributed by atoms with Crippen molar-refractivity contribution in [3.8, 4) is 29.0 Å². The van der Waals surface area contributed by atoms with Crippen molar-refractivity contribution in [2.24, 2.45) is 11.8 Å². The smallest absolute Gasteiger partial charge is 0.319 e. The number of rotatable bonds is 4. The number of nitriles is 1. The molecule has 13 heteroatoms. The molecule has 3 fully saturated rings. The minimum Gasteiger partial charge on any atom is -0.485 e. The summed E-state index contributed by atoms with van der Waals surface area (Å²) in [4.78, 5) is 13.9. The molecule has 0 radical (unpaired) electrons.